The van der Waals surface area contributed by atoms with Crippen LogP contribution >= 0.6 is 15.9 Å². The van der Waals surface area contributed by atoms with E-state index in [-0.39, 0.29) is 5.82 Å². The van der Waals surface area contributed by atoms with Gasteiger partial charge in [-0.3, -0.25) is 0 Å². The van der Waals surface area contributed by atoms with Crippen molar-refractivity contribution in [3.05, 3.63) is 40.4 Å². The van der Waals surface area contributed by atoms with Crippen molar-refractivity contribution in [1.82, 2.24) is 20.3 Å². The van der Waals surface area contributed by atoms with Gasteiger partial charge in [-0.25, -0.2) is 9.07 Å². The van der Waals surface area contributed by atoms with E-state index in [2.05, 4.69) is 31.6 Å². The lowest BCUT2D eigenvalue weighted by Gasteiger charge is -2.07. The zero-order valence-electron chi connectivity index (χ0n) is 8.61. The van der Waals surface area contributed by atoms with Crippen molar-refractivity contribution in [3.8, 4) is 5.69 Å². The van der Waals surface area contributed by atoms with Crippen LogP contribution in [0.25, 0.3) is 5.69 Å². The van der Waals surface area contributed by atoms with Gasteiger partial charge in [0.25, 0.3) is 0 Å². The maximum atomic E-state index is 13.6. The summed E-state index contributed by atoms with van der Waals surface area (Å²) in [6, 6.07) is 4.71. The predicted molar refractivity (Wildman–Crippen MR) is 61.8 cm³/mol. The maximum Gasteiger partial charge on any atom is 0.149 e. The lowest BCUT2D eigenvalue weighted by atomic mass is 10.3. The van der Waals surface area contributed by atoms with E-state index in [9.17, 15) is 4.39 Å². The van der Waals surface area contributed by atoms with Crippen LogP contribution in [0.15, 0.2) is 28.9 Å². The summed E-state index contributed by atoms with van der Waals surface area (Å²) in [7, 11) is 1.81. The molecule has 0 aliphatic rings. The van der Waals surface area contributed by atoms with Crippen LogP contribution in [0.3, 0.4) is 0 Å². The summed E-state index contributed by atoms with van der Waals surface area (Å²) >= 11 is 3.30. The molecule has 0 amide bonds. The fraction of sp³-hybridized carbons (Fsp3) is 0.200. The van der Waals surface area contributed by atoms with Crippen molar-refractivity contribution >= 4 is 15.9 Å². The van der Waals surface area contributed by atoms with Crippen molar-refractivity contribution in [1.29, 1.82) is 0 Å². The van der Waals surface area contributed by atoms with Crippen LogP contribution < -0.4 is 5.32 Å². The van der Waals surface area contributed by atoms with E-state index in [1.165, 1.54) is 10.7 Å². The van der Waals surface area contributed by atoms with E-state index in [1.54, 1.807) is 18.3 Å². The molecule has 0 aliphatic heterocycles. The molecule has 0 unspecified atom stereocenters. The third-order valence-electron chi connectivity index (χ3n) is 2.11. The van der Waals surface area contributed by atoms with Crippen molar-refractivity contribution in [2.45, 2.75) is 6.54 Å². The average molecular weight is 285 g/mol. The van der Waals surface area contributed by atoms with Gasteiger partial charge in [0.05, 0.1) is 11.9 Å². The quantitative estimate of drug-likeness (QED) is 0.936. The third-order valence-corrected chi connectivity index (χ3v) is 2.61. The Bertz CT molecular complexity index is 497. The minimum atomic E-state index is -0.328. The molecule has 2 rings (SSSR count). The molecule has 4 nitrogen and oxygen atoms in total. The molecule has 0 saturated heterocycles. The highest BCUT2D eigenvalue weighted by Gasteiger charge is 2.10. The Hall–Kier alpha value is -1.27. The van der Waals surface area contributed by atoms with Gasteiger partial charge in [-0.15, -0.1) is 5.10 Å². The molecule has 1 heterocycles. The zero-order chi connectivity index (χ0) is 11.5. The van der Waals surface area contributed by atoms with E-state index in [4.69, 9.17) is 0 Å². The molecule has 0 radical (unpaired) electrons. The first kappa shape index (κ1) is 11.2. The summed E-state index contributed by atoms with van der Waals surface area (Å²) in [5.41, 5.74) is 1.19. The Balaban J connectivity index is 2.49. The van der Waals surface area contributed by atoms with E-state index in [0.29, 0.717) is 12.2 Å². The fourth-order valence-electron chi connectivity index (χ4n) is 1.41. The fourth-order valence-corrected chi connectivity index (χ4v) is 1.76. The molecule has 1 N–H and O–H groups in total. The number of benzene rings is 1. The third kappa shape index (κ3) is 2.12. The second-order valence-electron chi connectivity index (χ2n) is 3.26. The van der Waals surface area contributed by atoms with Gasteiger partial charge in [-0.2, -0.15) is 0 Å². The summed E-state index contributed by atoms with van der Waals surface area (Å²) < 4.78 is 15.9. The lowest BCUT2D eigenvalue weighted by Crippen LogP contribution is -2.12. The lowest BCUT2D eigenvalue weighted by molar-refractivity contribution is 0.598. The predicted octanol–water partition coefficient (Wildman–Crippen LogP) is 1.89. The van der Waals surface area contributed by atoms with Gasteiger partial charge in [0.15, 0.2) is 0 Å². The maximum absolute atomic E-state index is 13.6. The number of rotatable bonds is 3. The molecular formula is C10H10BrFN4. The van der Waals surface area contributed by atoms with Crippen molar-refractivity contribution in [2.24, 2.45) is 0 Å². The van der Waals surface area contributed by atoms with Gasteiger partial charge in [-0.1, -0.05) is 21.1 Å². The number of nitrogens with zero attached hydrogens (tertiary/aromatic N) is 3. The van der Waals surface area contributed by atoms with Crippen LogP contribution in [0.5, 0.6) is 0 Å². The summed E-state index contributed by atoms with van der Waals surface area (Å²) in [4.78, 5) is 0. The monoisotopic (exact) mass is 284 g/mol. The molecule has 6 heteroatoms. The average Bonchev–Trinajstić information content (AvgIpc) is 2.70. The second kappa shape index (κ2) is 4.71. The molecule has 16 heavy (non-hydrogen) atoms. The summed E-state index contributed by atoms with van der Waals surface area (Å²) in [5, 5.41) is 10.6. The number of nitrogens with one attached hydrogen (secondary N) is 1. The van der Waals surface area contributed by atoms with Gasteiger partial charge in [0, 0.05) is 11.0 Å². The van der Waals surface area contributed by atoms with Gasteiger partial charge < -0.3 is 5.32 Å². The summed E-state index contributed by atoms with van der Waals surface area (Å²) in [6.45, 7) is 0.582. The highest BCUT2D eigenvalue weighted by atomic mass is 79.9. The molecule has 0 bridgehead atoms. The first-order chi connectivity index (χ1) is 7.72. The van der Waals surface area contributed by atoms with Gasteiger partial charge in [0.1, 0.15) is 11.5 Å². The Morgan fingerprint density at radius 3 is 3.06 bits per heavy atom. The van der Waals surface area contributed by atoms with E-state index < -0.39 is 0 Å². The highest BCUT2D eigenvalue weighted by Crippen LogP contribution is 2.19. The standard InChI is InChI=1S/C10H10BrFN4/c1-13-5-8-6-14-15-16(8)10-4-7(11)2-3-9(10)12/h2-4,6,13H,5H2,1H3. The van der Waals surface area contributed by atoms with E-state index in [1.807, 2.05) is 7.05 Å². The number of aromatic nitrogens is 3. The van der Waals surface area contributed by atoms with Gasteiger partial charge in [0.2, 0.25) is 0 Å². The summed E-state index contributed by atoms with van der Waals surface area (Å²) in [6.07, 6.45) is 1.61. The molecule has 0 saturated carbocycles. The van der Waals surface area contributed by atoms with Crippen LogP contribution in [0.4, 0.5) is 4.39 Å². The van der Waals surface area contributed by atoms with Crippen LogP contribution in [0, 0.1) is 5.82 Å². The number of halogens is 2. The molecule has 1 aromatic carbocycles. The van der Waals surface area contributed by atoms with Crippen LogP contribution in [-0.4, -0.2) is 22.0 Å². The number of hydrogen-bond acceptors (Lipinski definition) is 3. The molecule has 0 atom stereocenters. The molecule has 2 aromatic rings. The summed E-state index contributed by atoms with van der Waals surface area (Å²) in [5.74, 6) is -0.328. The second-order valence-corrected chi connectivity index (χ2v) is 4.18. The largest absolute Gasteiger partial charge is 0.314 e. The Kier molecular flexibility index (Phi) is 3.31. The molecule has 0 aliphatic carbocycles. The Morgan fingerprint density at radius 1 is 1.50 bits per heavy atom. The SMILES string of the molecule is CNCc1cnnn1-c1cc(Br)ccc1F. The van der Waals surface area contributed by atoms with Crippen LogP contribution in [0.2, 0.25) is 0 Å². The van der Waals surface area contributed by atoms with Crippen LogP contribution in [-0.2, 0) is 6.54 Å². The molecule has 0 spiro atoms. The van der Waals surface area contributed by atoms with Crippen LogP contribution in [0.1, 0.15) is 5.69 Å². The smallest absolute Gasteiger partial charge is 0.149 e. The zero-order valence-corrected chi connectivity index (χ0v) is 10.2. The van der Waals surface area contributed by atoms with Crippen molar-refractivity contribution in [3.63, 3.8) is 0 Å². The van der Waals surface area contributed by atoms with Crippen molar-refractivity contribution in [2.75, 3.05) is 7.05 Å². The molecule has 1 aromatic heterocycles. The Labute approximate surface area is 101 Å². The number of hydrogen-bond donors (Lipinski definition) is 1. The molecule has 84 valence electrons. The van der Waals surface area contributed by atoms with Gasteiger partial charge in [-0.05, 0) is 25.2 Å². The van der Waals surface area contributed by atoms with Crippen molar-refractivity contribution < 1.29 is 4.39 Å². The molecular weight excluding hydrogens is 275 g/mol. The normalized spacial score (nSPS) is 10.7. The van der Waals surface area contributed by atoms with E-state index >= 15 is 0 Å². The minimum absolute atomic E-state index is 0.328. The first-order valence-electron chi connectivity index (χ1n) is 4.72. The molecule has 0 fully saturated rings. The topological polar surface area (TPSA) is 42.7 Å². The first-order valence-corrected chi connectivity index (χ1v) is 5.51. The van der Waals surface area contributed by atoms with E-state index in [0.717, 1.165) is 10.2 Å². The minimum Gasteiger partial charge on any atom is -0.314 e. The van der Waals surface area contributed by atoms with Gasteiger partial charge >= 0.3 is 0 Å². The Morgan fingerprint density at radius 2 is 2.31 bits per heavy atom. The highest BCUT2D eigenvalue weighted by molar-refractivity contribution is 9.10.